The summed E-state index contributed by atoms with van der Waals surface area (Å²) in [4.78, 5) is 25.3. The summed E-state index contributed by atoms with van der Waals surface area (Å²) >= 11 is 0. The predicted octanol–water partition coefficient (Wildman–Crippen LogP) is 3.52. The van der Waals surface area contributed by atoms with Crippen molar-refractivity contribution in [1.29, 1.82) is 0 Å². The Balaban J connectivity index is 2.05. The third kappa shape index (κ3) is 9.59. The second kappa shape index (κ2) is 13.1. The zero-order chi connectivity index (χ0) is 18.3. The molecule has 0 aliphatic carbocycles. The van der Waals surface area contributed by atoms with Crippen LogP contribution in [0.5, 0.6) is 0 Å². The Bertz CT molecular complexity index is 494. The van der Waals surface area contributed by atoms with Crippen LogP contribution in [0.4, 0.5) is 9.59 Å². The van der Waals surface area contributed by atoms with Gasteiger partial charge in [0, 0.05) is 26.2 Å². The standard InChI is InChI=1S/C19H31N3O3/c1-3-13-20-18(23)22(4-2)15-10-6-9-14-21-19(24)25-16-17-11-7-5-8-12-17/h5,7-8,11-12H,3-4,6,9-10,13-16H2,1-2H3,(H,20,23)(H,21,24). The number of nitrogens with zero attached hydrogens (tertiary/aromatic N) is 1. The number of amides is 3. The van der Waals surface area contributed by atoms with Gasteiger partial charge in [-0.25, -0.2) is 9.59 Å². The van der Waals surface area contributed by atoms with Gasteiger partial charge in [-0.1, -0.05) is 37.3 Å². The molecule has 6 nitrogen and oxygen atoms in total. The zero-order valence-electron chi connectivity index (χ0n) is 15.4. The lowest BCUT2D eigenvalue weighted by Crippen LogP contribution is -2.40. The number of unbranched alkanes of at least 4 members (excludes halogenated alkanes) is 2. The maximum Gasteiger partial charge on any atom is 0.407 e. The van der Waals surface area contributed by atoms with E-state index in [0.717, 1.165) is 37.8 Å². The Hall–Kier alpha value is -2.24. The van der Waals surface area contributed by atoms with Gasteiger partial charge in [-0.05, 0) is 38.2 Å². The first kappa shape index (κ1) is 20.8. The van der Waals surface area contributed by atoms with E-state index in [2.05, 4.69) is 10.6 Å². The minimum absolute atomic E-state index is 0.00645. The topological polar surface area (TPSA) is 70.7 Å². The molecule has 1 rings (SSSR count). The predicted molar refractivity (Wildman–Crippen MR) is 99.4 cm³/mol. The molecule has 0 aromatic heterocycles. The van der Waals surface area contributed by atoms with E-state index < -0.39 is 6.09 Å². The van der Waals surface area contributed by atoms with E-state index in [9.17, 15) is 9.59 Å². The third-order valence-electron chi connectivity index (χ3n) is 3.78. The number of urea groups is 1. The van der Waals surface area contributed by atoms with Gasteiger partial charge in [0.05, 0.1) is 0 Å². The van der Waals surface area contributed by atoms with Crippen LogP contribution in [-0.2, 0) is 11.3 Å². The van der Waals surface area contributed by atoms with Crippen LogP contribution in [0, 0.1) is 0 Å². The first-order valence-corrected chi connectivity index (χ1v) is 9.14. The van der Waals surface area contributed by atoms with Crippen LogP contribution in [0.25, 0.3) is 0 Å². The fraction of sp³-hybridized carbons (Fsp3) is 0.579. The molecule has 1 aromatic rings. The number of carbonyl (C=O) groups is 2. The molecule has 0 spiro atoms. The van der Waals surface area contributed by atoms with Crippen molar-refractivity contribution in [2.75, 3.05) is 26.2 Å². The molecule has 1 aromatic carbocycles. The second-order valence-corrected chi connectivity index (χ2v) is 5.86. The molecule has 25 heavy (non-hydrogen) atoms. The van der Waals surface area contributed by atoms with Crippen LogP contribution in [0.15, 0.2) is 30.3 Å². The fourth-order valence-corrected chi connectivity index (χ4v) is 2.32. The van der Waals surface area contributed by atoms with E-state index >= 15 is 0 Å². The lowest BCUT2D eigenvalue weighted by molar-refractivity contribution is 0.139. The third-order valence-corrected chi connectivity index (χ3v) is 3.78. The van der Waals surface area contributed by atoms with Gasteiger partial charge in [0.25, 0.3) is 0 Å². The summed E-state index contributed by atoms with van der Waals surface area (Å²) < 4.78 is 5.15. The van der Waals surface area contributed by atoms with Crippen molar-refractivity contribution < 1.29 is 14.3 Å². The largest absolute Gasteiger partial charge is 0.445 e. The average Bonchev–Trinajstić information content (AvgIpc) is 2.64. The number of hydrogen-bond acceptors (Lipinski definition) is 3. The molecule has 0 fully saturated rings. The van der Waals surface area contributed by atoms with Crippen molar-refractivity contribution in [2.45, 2.75) is 46.1 Å². The normalized spacial score (nSPS) is 10.2. The van der Waals surface area contributed by atoms with Crippen molar-refractivity contribution in [1.82, 2.24) is 15.5 Å². The first-order chi connectivity index (χ1) is 12.2. The van der Waals surface area contributed by atoms with Crippen LogP contribution in [0.1, 0.15) is 45.1 Å². The van der Waals surface area contributed by atoms with E-state index in [1.807, 2.05) is 49.1 Å². The minimum Gasteiger partial charge on any atom is -0.445 e. The highest BCUT2D eigenvalue weighted by molar-refractivity contribution is 5.74. The van der Waals surface area contributed by atoms with Gasteiger partial charge in [0.15, 0.2) is 0 Å². The molecule has 140 valence electrons. The molecular formula is C19H31N3O3. The van der Waals surface area contributed by atoms with Gasteiger partial charge in [-0.15, -0.1) is 0 Å². The Morgan fingerprint density at radius 3 is 2.44 bits per heavy atom. The number of hydrogen-bond donors (Lipinski definition) is 2. The highest BCUT2D eigenvalue weighted by Gasteiger charge is 2.09. The summed E-state index contributed by atoms with van der Waals surface area (Å²) in [7, 11) is 0. The van der Waals surface area contributed by atoms with E-state index in [-0.39, 0.29) is 12.6 Å². The van der Waals surface area contributed by atoms with Crippen LogP contribution in [-0.4, -0.2) is 43.2 Å². The zero-order valence-corrected chi connectivity index (χ0v) is 15.4. The molecule has 0 aliphatic rings. The Labute approximate surface area is 150 Å². The molecule has 0 aliphatic heterocycles. The number of carbonyl (C=O) groups excluding carboxylic acids is 2. The molecule has 0 saturated carbocycles. The molecule has 0 unspecified atom stereocenters. The van der Waals surface area contributed by atoms with Gasteiger partial charge in [0.1, 0.15) is 6.61 Å². The highest BCUT2D eigenvalue weighted by atomic mass is 16.5. The summed E-state index contributed by atoms with van der Waals surface area (Å²) in [6, 6.07) is 9.60. The molecule has 3 amide bonds. The summed E-state index contributed by atoms with van der Waals surface area (Å²) in [5.74, 6) is 0. The monoisotopic (exact) mass is 349 g/mol. The van der Waals surface area contributed by atoms with Gasteiger partial charge >= 0.3 is 12.1 Å². The maximum atomic E-state index is 11.9. The van der Waals surface area contributed by atoms with Crippen LogP contribution >= 0.6 is 0 Å². The van der Waals surface area contributed by atoms with E-state index in [0.29, 0.717) is 19.6 Å². The van der Waals surface area contributed by atoms with Crippen molar-refractivity contribution in [3.8, 4) is 0 Å². The highest BCUT2D eigenvalue weighted by Crippen LogP contribution is 2.01. The Kier molecular flexibility index (Phi) is 10.9. The fourth-order valence-electron chi connectivity index (χ4n) is 2.32. The van der Waals surface area contributed by atoms with Gasteiger partial charge in [-0.2, -0.15) is 0 Å². The number of rotatable bonds is 11. The quantitative estimate of drug-likeness (QED) is 0.601. The average molecular weight is 349 g/mol. The molecule has 0 saturated heterocycles. The van der Waals surface area contributed by atoms with Crippen LogP contribution in [0.3, 0.4) is 0 Å². The molecule has 0 atom stereocenters. The molecule has 0 heterocycles. The summed E-state index contributed by atoms with van der Waals surface area (Å²) in [5.41, 5.74) is 0.971. The number of nitrogens with one attached hydrogen (secondary N) is 2. The lowest BCUT2D eigenvalue weighted by Gasteiger charge is -2.21. The Morgan fingerprint density at radius 2 is 1.76 bits per heavy atom. The molecule has 6 heteroatoms. The van der Waals surface area contributed by atoms with Crippen LogP contribution < -0.4 is 10.6 Å². The van der Waals surface area contributed by atoms with Gasteiger partial charge in [0.2, 0.25) is 0 Å². The second-order valence-electron chi connectivity index (χ2n) is 5.86. The number of benzene rings is 1. The number of ether oxygens (including phenoxy) is 1. The summed E-state index contributed by atoms with van der Waals surface area (Å²) in [6.45, 7) is 7.05. The van der Waals surface area contributed by atoms with Gasteiger partial charge < -0.3 is 20.3 Å². The van der Waals surface area contributed by atoms with Crippen molar-refractivity contribution in [2.24, 2.45) is 0 Å². The SMILES string of the molecule is CCCNC(=O)N(CC)CCCCCNC(=O)OCc1ccccc1. The van der Waals surface area contributed by atoms with Crippen molar-refractivity contribution in [3.63, 3.8) is 0 Å². The van der Waals surface area contributed by atoms with Crippen molar-refractivity contribution in [3.05, 3.63) is 35.9 Å². The lowest BCUT2D eigenvalue weighted by atomic mass is 10.2. The van der Waals surface area contributed by atoms with E-state index in [1.165, 1.54) is 0 Å². The molecule has 2 N–H and O–H groups in total. The Morgan fingerprint density at radius 1 is 1.00 bits per heavy atom. The summed E-state index contributed by atoms with van der Waals surface area (Å²) in [5, 5.41) is 5.64. The molecular weight excluding hydrogens is 318 g/mol. The number of alkyl carbamates (subject to hydrolysis) is 1. The smallest absolute Gasteiger partial charge is 0.407 e. The minimum atomic E-state index is -0.391. The molecule has 0 bridgehead atoms. The first-order valence-electron chi connectivity index (χ1n) is 9.14. The summed E-state index contributed by atoms with van der Waals surface area (Å²) in [6.07, 6.45) is 3.30. The van der Waals surface area contributed by atoms with E-state index in [4.69, 9.17) is 4.74 Å². The maximum absolute atomic E-state index is 11.9. The van der Waals surface area contributed by atoms with Crippen LogP contribution in [0.2, 0.25) is 0 Å². The van der Waals surface area contributed by atoms with Crippen molar-refractivity contribution >= 4 is 12.1 Å². The molecule has 0 radical (unpaired) electrons. The van der Waals surface area contributed by atoms with E-state index in [1.54, 1.807) is 0 Å². The van der Waals surface area contributed by atoms with Gasteiger partial charge in [-0.3, -0.25) is 0 Å².